The van der Waals surface area contributed by atoms with E-state index in [-0.39, 0.29) is 6.04 Å². The summed E-state index contributed by atoms with van der Waals surface area (Å²) in [7, 11) is 0. The van der Waals surface area contributed by atoms with Crippen LogP contribution in [0.15, 0.2) is 28.7 Å². The SMILES string of the molecule is CC(NCc1ccc(Br)cc1)c1nnc2n1CCC2. The maximum Gasteiger partial charge on any atom is 0.149 e. The zero-order valence-electron chi connectivity index (χ0n) is 10.9. The van der Waals surface area contributed by atoms with E-state index >= 15 is 0 Å². The van der Waals surface area contributed by atoms with Gasteiger partial charge < -0.3 is 9.88 Å². The van der Waals surface area contributed by atoms with Crippen molar-refractivity contribution in [3.05, 3.63) is 46.0 Å². The topological polar surface area (TPSA) is 42.7 Å². The molecule has 1 aromatic carbocycles. The Morgan fingerprint density at radius 3 is 2.89 bits per heavy atom. The molecule has 5 heteroatoms. The van der Waals surface area contributed by atoms with Gasteiger partial charge in [-0.3, -0.25) is 0 Å². The van der Waals surface area contributed by atoms with Crippen molar-refractivity contribution in [3.8, 4) is 0 Å². The second kappa shape index (κ2) is 5.43. The summed E-state index contributed by atoms with van der Waals surface area (Å²) in [6, 6.07) is 8.60. The fourth-order valence-corrected chi connectivity index (χ4v) is 2.72. The molecule has 0 radical (unpaired) electrons. The minimum absolute atomic E-state index is 0.225. The van der Waals surface area contributed by atoms with Gasteiger partial charge in [-0.25, -0.2) is 0 Å². The summed E-state index contributed by atoms with van der Waals surface area (Å²) < 4.78 is 3.36. The number of rotatable bonds is 4. The smallest absolute Gasteiger partial charge is 0.149 e. The van der Waals surface area contributed by atoms with Gasteiger partial charge >= 0.3 is 0 Å². The van der Waals surface area contributed by atoms with E-state index in [1.54, 1.807) is 0 Å². The van der Waals surface area contributed by atoms with Gasteiger partial charge in [-0.15, -0.1) is 10.2 Å². The molecule has 1 aliphatic rings. The largest absolute Gasteiger partial charge is 0.314 e. The highest BCUT2D eigenvalue weighted by Gasteiger charge is 2.20. The Labute approximate surface area is 121 Å². The lowest BCUT2D eigenvalue weighted by molar-refractivity contribution is 0.516. The van der Waals surface area contributed by atoms with E-state index in [4.69, 9.17) is 0 Å². The van der Waals surface area contributed by atoms with Gasteiger partial charge in [0.15, 0.2) is 0 Å². The van der Waals surface area contributed by atoms with Crippen LogP contribution in [-0.4, -0.2) is 14.8 Å². The van der Waals surface area contributed by atoms with Crippen LogP contribution in [-0.2, 0) is 19.5 Å². The van der Waals surface area contributed by atoms with E-state index in [0.29, 0.717) is 0 Å². The lowest BCUT2D eigenvalue weighted by Crippen LogP contribution is -2.21. The Balaban J connectivity index is 1.65. The van der Waals surface area contributed by atoms with E-state index < -0.39 is 0 Å². The lowest BCUT2D eigenvalue weighted by atomic mass is 10.2. The Bertz CT molecular complexity index is 561. The number of nitrogens with zero attached hydrogens (tertiary/aromatic N) is 3. The van der Waals surface area contributed by atoms with Gasteiger partial charge in [-0.05, 0) is 31.0 Å². The van der Waals surface area contributed by atoms with Crippen LogP contribution < -0.4 is 5.32 Å². The van der Waals surface area contributed by atoms with Crippen LogP contribution in [0.2, 0.25) is 0 Å². The molecule has 19 heavy (non-hydrogen) atoms. The molecular formula is C14H17BrN4. The summed E-state index contributed by atoms with van der Waals surface area (Å²) >= 11 is 3.45. The third-order valence-corrected chi connectivity index (χ3v) is 4.08. The molecule has 1 atom stereocenters. The molecule has 0 aliphatic carbocycles. The second-order valence-electron chi connectivity index (χ2n) is 4.96. The molecule has 1 N–H and O–H groups in total. The fraction of sp³-hybridized carbons (Fsp3) is 0.429. The van der Waals surface area contributed by atoms with Gasteiger partial charge in [-0.2, -0.15) is 0 Å². The Morgan fingerprint density at radius 1 is 1.32 bits per heavy atom. The lowest BCUT2D eigenvalue weighted by Gasteiger charge is -2.13. The minimum atomic E-state index is 0.225. The molecule has 2 aromatic rings. The van der Waals surface area contributed by atoms with Crippen LogP contribution in [0.25, 0.3) is 0 Å². The van der Waals surface area contributed by atoms with Crippen molar-refractivity contribution in [2.75, 3.05) is 0 Å². The maximum atomic E-state index is 4.31. The van der Waals surface area contributed by atoms with Gasteiger partial charge in [0.1, 0.15) is 11.6 Å². The van der Waals surface area contributed by atoms with Gasteiger partial charge in [0, 0.05) is 24.0 Å². The third kappa shape index (κ3) is 2.72. The standard InChI is InChI=1S/C14H17BrN4/c1-10(14-18-17-13-3-2-8-19(13)14)16-9-11-4-6-12(15)7-5-11/h4-7,10,16H,2-3,8-9H2,1H3. The van der Waals surface area contributed by atoms with Gasteiger partial charge in [0.2, 0.25) is 0 Å². The minimum Gasteiger partial charge on any atom is -0.314 e. The zero-order chi connectivity index (χ0) is 13.2. The molecule has 4 nitrogen and oxygen atoms in total. The molecule has 2 heterocycles. The number of nitrogens with one attached hydrogen (secondary N) is 1. The van der Waals surface area contributed by atoms with Crippen LogP contribution >= 0.6 is 15.9 Å². The van der Waals surface area contributed by atoms with Crippen LogP contribution in [0.1, 0.15) is 36.6 Å². The van der Waals surface area contributed by atoms with Crippen molar-refractivity contribution < 1.29 is 0 Å². The summed E-state index contributed by atoms with van der Waals surface area (Å²) in [5.41, 5.74) is 1.27. The first-order valence-corrected chi connectivity index (χ1v) is 7.43. The van der Waals surface area contributed by atoms with Gasteiger partial charge in [0.25, 0.3) is 0 Å². The molecular weight excluding hydrogens is 304 g/mol. The Morgan fingerprint density at radius 2 is 2.11 bits per heavy atom. The molecule has 0 spiro atoms. The second-order valence-corrected chi connectivity index (χ2v) is 5.87. The maximum absolute atomic E-state index is 4.31. The number of aromatic nitrogens is 3. The third-order valence-electron chi connectivity index (χ3n) is 3.55. The normalized spacial score (nSPS) is 15.5. The summed E-state index contributed by atoms with van der Waals surface area (Å²) in [6.07, 6.45) is 2.25. The summed E-state index contributed by atoms with van der Waals surface area (Å²) in [4.78, 5) is 0. The van der Waals surface area contributed by atoms with Crippen molar-refractivity contribution in [2.24, 2.45) is 0 Å². The van der Waals surface area contributed by atoms with Crippen LogP contribution in [0.3, 0.4) is 0 Å². The van der Waals surface area contributed by atoms with E-state index in [1.807, 2.05) is 0 Å². The number of hydrogen-bond donors (Lipinski definition) is 1. The molecule has 3 rings (SSSR count). The molecule has 1 aliphatic heterocycles. The highest BCUT2D eigenvalue weighted by atomic mass is 79.9. The summed E-state index contributed by atoms with van der Waals surface area (Å²) in [5, 5.41) is 12.1. The van der Waals surface area contributed by atoms with Crippen molar-refractivity contribution in [1.82, 2.24) is 20.1 Å². The first kappa shape index (κ1) is 12.8. The highest BCUT2D eigenvalue weighted by molar-refractivity contribution is 9.10. The number of aryl methyl sites for hydroxylation is 1. The van der Waals surface area contributed by atoms with E-state index in [1.165, 1.54) is 12.0 Å². The molecule has 0 amide bonds. The molecule has 0 saturated heterocycles. The fourth-order valence-electron chi connectivity index (χ4n) is 2.46. The molecule has 0 fully saturated rings. The van der Waals surface area contributed by atoms with Crippen molar-refractivity contribution >= 4 is 15.9 Å². The number of benzene rings is 1. The van der Waals surface area contributed by atoms with E-state index in [0.717, 1.165) is 35.6 Å². The molecule has 0 bridgehead atoms. The van der Waals surface area contributed by atoms with Gasteiger partial charge in [0.05, 0.1) is 6.04 Å². The number of fused-ring (bicyclic) bond motifs is 1. The van der Waals surface area contributed by atoms with Crippen molar-refractivity contribution in [2.45, 2.75) is 38.9 Å². The Hall–Kier alpha value is -1.20. The molecule has 1 aromatic heterocycles. The van der Waals surface area contributed by atoms with Crippen molar-refractivity contribution in [1.29, 1.82) is 0 Å². The number of halogens is 1. The zero-order valence-corrected chi connectivity index (χ0v) is 12.5. The Kier molecular flexibility index (Phi) is 3.66. The molecule has 100 valence electrons. The first-order chi connectivity index (χ1) is 9.24. The average molecular weight is 321 g/mol. The quantitative estimate of drug-likeness (QED) is 0.942. The monoisotopic (exact) mass is 320 g/mol. The number of hydrogen-bond acceptors (Lipinski definition) is 3. The average Bonchev–Trinajstić information content (AvgIpc) is 3.00. The van der Waals surface area contributed by atoms with Gasteiger partial charge in [-0.1, -0.05) is 28.1 Å². The van der Waals surface area contributed by atoms with Crippen molar-refractivity contribution in [3.63, 3.8) is 0 Å². The van der Waals surface area contributed by atoms with E-state index in [9.17, 15) is 0 Å². The van der Waals surface area contributed by atoms with E-state index in [2.05, 4.69) is 67.2 Å². The molecule has 0 saturated carbocycles. The summed E-state index contributed by atoms with van der Waals surface area (Å²) in [5.74, 6) is 2.19. The first-order valence-electron chi connectivity index (χ1n) is 6.64. The predicted octanol–water partition coefficient (Wildman–Crippen LogP) is 2.84. The van der Waals surface area contributed by atoms with Crippen LogP contribution in [0.4, 0.5) is 0 Å². The predicted molar refractivity (Wildman–Crippen MR) is 77.7 cm³/mol. The highest BCUT2D eigenvalue weighted by Crippen LogP contribution is 2.19. The summed E-state index contributed by atoms with van der Waals surface area (Å²) in [6.45, 7) is 4.05. The van der Waals surface area contributed by atoms with Crippen LogP contribution in [0.5, 0.6) is 0 Å². The van der Waals surface area contributed by atoms with Crippen LogP contribution in [0, 0.1) is 0 Å². The molecule has 1 unspecified atom stereocenters.